The van der Waals surface area contributed by atoms with Gasteiger partial charge in [-0.15, -0.1) is 0 Å². The van der Waals surface area contributed by atoms with Gasteiger partial charge in [0.05, 0.1) is 12.0 Å². The fourth-order valence-electron chi connectivity index (χ4n) is 2.46. The van der Waals surface area contributed by atoms with Crippen molar-refractivity contribution in [2.45, 2.75) is 48.5 Å². The Morgan fingerprint density at radius 2 is 1.44 bits per heavy atom. The van der Waals surface area contributed by atoms with E-state index in [-0.39, 0.29) is 16.1 Å². The van der Waals surface area contributed by atoms with E-state index >= 15 is 0 Å². The molecule has 0 aliphatic carbocycles. The zero-order chi connectivity index (χ0) is 13.2. The number of ether oxygens (including phenoxy) is 1. The topological polar surface area (TPSA) is 26.3 Å². The van der Waals surface area contributed by atoms with Gasteiger partial charge in [-0.25, -0.2) is 0 Å². The van der Waals surface area contributed by atoms with Gasteiger partial charge in [0, 0.05) is 6.61 Å². The Bertz CT molecular complexity index is 232. The summed E-state index contributed by atoms with van der Waals surface area (Å²) in [6, 6.07) is 0. The smallest absolute Gasteiger partial charge is 0.231 e. The molecule has 16 heavy (non-hydrogen) atoms. The van der Waals surface area contributed by atoms with Crippen molar-refractivity contribution in [2.24, 2.45) is 16.2 Å². The lowest BCUT2D eigenvalue weighted by Gasteiger charge is -2.50. The van der Waals surface area contributed by atoms with E-state index in [1.165, 1.54) is 0 Å². The first-order valence-corrected chi connectivity index (χ1v) is 6.16. The molecule has 0 aromatic heterocycles. The average molecular weight is 249 g/mol. The summed E-state index contributed by atoms with van der Waals surface area (Å²) >= 11 is 5.89. The summed E-state index contributed by atoms with van der Waals surface area (Å²) in [6.07, 6.45) is 0. The van der Waals surface area contributed by atoms with Crippen molar-refractivity contribution in [3.63, 3.8) is 0 Å². The molecule has 96 valence electrons. The molecule has 0 heterocycles. The van der Waals surface area contributed by atoms with Gasteiger partial charge in [-0.3, -0.25) is 4.79 Å². The molecule has 0 radical (unpaired) electrons. The molecule has 0 spiro atoms. The molecule has 0 aromatic rings. The number of carbonyl (C=O) groups excluding carboxylic acids is 1. The van der Waals surface area contributed by atoms with Crippen LogP contribution in [-0.2, 0) is 9.53 Å². The van der Waals surface area contributed by atoms with Crippen LogP contribution in [0.4, 0.5) is 0 Å². The van der Waals surface area contributed by atoms with Crippen LogP contribution in [0, 0.1) is 16.2 Å². The minimum absolute atomic E-state index is 0.237. The highest BCUT2D eigenvalue weighted by Crippen LogP contribution is 2.53. The van der Waals surface area contributed by atoms with Crippen molar-refractivity contribution in [2.75, 3.05) is 13.2 Å². The standard InChI is InChI=1S/C13H25ClO2/c1-8-16-9-13(10(14)15,11(2,3)4)12(5,6)7/h8-9H2,1-7H3. The van der Waals surface area contributed by atoms with Crippen molar-refractivity contribution in [1.29, 1.82) is 0 Å². The lowest BCUT2D eigenvalue weighted by Crippen LogP contribution is -2.53. The normalized spacial score (nSPS) is 14.0. The molecule has 3 heteroatoms. The van der Waals surface area contributed by atoms with Gasteiger partial charge in [0.1, 0.15) is 0 Å². The summed E-state index contributed by atoms with van der Waals surface area (Å²) in [5.74, 6) is 0. The first-order valence-electron chi connectivity index (χ1n) is 5.78. The van der Waals surface area contributed by atoms with E-state index in [2.05, 4.69) is 0 Å². The molecule has 0 saturated heterocycles. The minimum atomic E-state index is -0.669. The van der Waals surface area contributed by atoms with Crippen LogP contribution >= 0.6 is 11.6 Å². The number of hydrogen-bond acceptors (Lipinski definition) is 2. The van der Waals surface area contributed by atoms with Gasteiger partial charge in [-0.2, -0.15) is 0 Å². The van der Waals surface area contributed by atoms with E-state index in [0.717, 1.165) is 0 Å². The van der Waals surface area contributed by atoms with Crippen LogP contribution in [0.1, 0.15) is 48.5 Å². The molecule has 2 nitrogen and oxygen atoms in total. The fraction of sp³-hybridized carbons (Fsp3) is 0.923. The fourth-order valence-corrected chi connectivity index (χ4v) is 3.08. The molecule has 0 amide bonds. The Kier molecular flexibility index (Phi) is 5.03. The molecular formula is C13H25ClO2. The third-order valence-corrected chi connectivity index (χ3v) is 3.74. The molecule has 0 atom stereocenters. The molecule has 0 bridgehead atoms. The number of hydrogen-bond donors (Lipinski definition) is 0. The van der Waals surface area contributed by atoms with E-state index in [9.17, 15) is 4.79 Å². The van der Waals surface area contributed by atoms with Crippen LogP contribution in [0.2, 0.25) is 0 Å². The summed E-state index contributed by atoms with van der Waals surface area (Å²) in [5.41, 5.74) is -1.14. The molecule has 0 aliphatic rings. The van der Waals surface area contributed by atoms with Crippen LogP contribution in [-0.4, -0.2) is 18.5 Å². The molecule has 0 fully saturated rings. The maximum atomic E-state index is 12.0. The second kappa shape index (κ2) is 5.05. The van der Waals surface area contributed by atoms with Crippen LogP contribution in [0.3, 0.4) is 0 Å². The summed E-state index contributed by atoms with van der Waals surface area (Å²) in [5, 5.41) is -0.305. The highest BCUT2D eigenvalue weighted by Gasteiger charge is 2.55. The largest absolute Gasteiger partial charge is 0.381 e. The molecular weight excluding hydrogens is 224 g/mol. The van der Waals surface area contributed by atoms with E-state index in [0.29, 0.717) is 13.2 Å². The van der Waals surface area contributed by atoms with Crippen LogP contribution < -0.4 is 0 Å². The SMILES string of the molecule is CCOCC(C(=O)Cl)(C(C)(C)C)C(C)(C)C. The first kappa shape index (κ1) is 15.9. The molecule has 0 saturated carbocycles. The highest BCUT2D eigenvalue weighted by atomic mass is 35.5. The predicted octanol–water partition coefficient (Wildman–Crippen LogP) is 3.87. The number of carbonyl (C=O) groups is 1. The van der Waals surface area contributed by atoms with Gasteiger partial charge in [-0.05, 0) is 29.4 Å². The van der Waals surface area contributed by atoms with Crippen LogP contribution in [0.15, 0.2) is 0 Å². The van der Waals surface area contributed by atoms with Gasteiger partial charge in [0.15, 0.2) is 0 Å². The Morgan fingerprint density at radius 1 is 1.06 bits per heavy atom. The Morgan fingerprint density at radius 3 is 1.62 bits per heavy atom. The quantitative estimate of drug-likeness (QED) is 0.706. The highest BCUT2D eigenvalue weighted by molar-refractivity contribution is 6.64. The second-order valence-electron chi connectivity index (χ2n) is 6.32. The third kappa shape index (κ3) is 2.78. The minimum Gasteiger partial charge on any atom is -0.381 e. The van der Waals surface area contributed by atoms with Crippen molar-refractivity contribution >= 4 is 16.8 Å². The van der Waals surface area contributed by atoms with Crippen molar-refractivity contribution in [3.8, 4) is 0 Å². The Balaban J connectivity index is 5.52. The van der Waals surface area contributed by atoms with Crippen molar-refractivity contribution < 1.29 is 9.53 Å². The van der Waals surface area contributed by atoms with E-state index in [1.807, 2.05) is 48.5 Å². The third-order valence-electron chi connectivity index (χ3n) is 3.42. The Hall–Kier alpha value is -0.0800. The van der Waals surface area contributed by atoms with E-state index < -0.39 is 5.41 Å². The van der Waals surface area contributed by atoms with Gasteiger partial charge in [0.2, 0.25) is 5.24 Å². The molecule has 0 aromatic carbocycles. The first-order chi connectivity index (χ1) is 7.00. The van der Waals surface area contributed by atoms with Crippen LogP contribution in [0.25, 0.3) is 0 Å². The summed E-state index contributed by atoms with van der Waals surface area (Å²) in [6.45, 7) is 15.1. The average Bonchev–Trinajstić information content (AvgIpc) is 1.99. The lowest BCUT2D eigenvalue weighted by atomic mass is 9.55. The maximum absolute atomic E-state index is 12.0. The Labute approximate surface area is 105 Å². The monoisotopic (exact) mass is 248 g/mol. The van der Waals surface area contributed by atoms with Gasteiger partial charge < -0.3 is 4.74 Å². The molecule has 0 N–H and O–H groups in total. The molecule has 0 unspecified atom stereocenters. The van der Waals surface area contributed by atoms with Gasteiger partial charge in [0.25, 0.3) is 0 Å². The van der Waals surface area contributed by atoms with Crippen molar-refractivity contribution in [1.82, 2.24) is 0 Å². The lowest BCUT2D eigenvalue weighted by molar-refractivity contribution is -0.147. The number of rotatable bonds is 4. The van der Waals surface area contributed by atoms with Gasteiger partial charge >= 0.3 is 0 Å². The summed E-state index contributed by atoms with van der Waals surface area (Å²) in [7, 11) is 0. The zero-order valence-electron chi connectivity index (χ0n) is 11.6. The summed E-state index contributed by atoms with van der Waals surface area (Å²) < 4.78 is 5.51. The summed E-state index contributed by atoms with van der Waals surface area (Å²) in [4.78, 5) is 12.0. The van der Waals surface area contributed by atoms with E-state index in [4.69, 9.17) is 16.3 Å². The van der Waals surface area contributed by atoms with Crippen LogP contribution in [0.5, 0.6) is 0 Å². The van der Waals surface area contributed by atoms with E-state index in [1.54, 1.807) is 0 Å². The maximum Gasteiger partial charge on any atom is 0.231 e. The van der Waals surface area contributed by atoms with Gasteiger partial charge in [-0.1, -0.05) is 41.5 Å². The second-order valence-corrected chi connectivity index (χ2v) is 6.66. The zero-order valence-corrected chi connectivity index (χ0v) is 12.4. The molecule has 0 rings (SSSR count). The molecule has 0 aliphatic heterocycles. The predicted molar refractivity (Wildman–Crippen MR) is 68.7 cm³/mol. The van der Waals surface area contributed by atoms with Crippen molar-refractivity contribution in [3.05, 3.63) is 0 Å². The number of halogens is 1.